The molecule has 1 N–H and O–H groups in total. The molecule has 0 atom stereocenters. The van der Waals surface area contributed by atoms with E-state index in [1.165, 1.54) is 30.3 Å². The van der Waals surface area contributed by atoms with Gasteiger partial charge in [0, 0.05) is 63.6 Å². The van der Waals surface area contributed by atoms with Crippen molar-refractivity contribution in [3.8, 4) is 0 Å². The van der Waals surface area contributed by atoms with Crippen LogP contribution in [0.3, 0.4) is 0 Å². The highest BCUT2D eigenvalue weighted by Crippen LogP contribution is 2.29. The molecule has 0 unspecified atom stereocenters. The Kier molecular flexibility index (Phi) is 6.67. The van der Waals surface area contributed by atoms with Crippen molar-refractivity contribution in [2.75, 3.05) is 42.9 Å². The fourth-order valence-electron chi connectivity index (χ4n) is 4.78. The lowest BCUT2D eigenvalue weighted by Crippen LogP contribution is -2.51. The Labute approximate surface area is 187 Å². The highest BCUT2D eigenvalue weighted by atomic mass is 35.5. The largest absolute Gasteiger partial charge is 0.369 e. The van der Waals surface area contributed by atoms with Gasteiger partial charge >= 0.3 is 5.69 Å². The van der Waals surface area contributed by atoms with Gasteiger partial charge in [0.2, 0.25) is 5.82 Å². The normalized spacial score (nSPS) is 22.5. The Morgan fingerprint density at radius 3 is 2.45 bits per heavy atom. The molecule has 1 aliphatic heterocycles. The minimum absolute atomic E-state index is 0.254. The number of hydrogen-bond acceptors (Lipinski definition) is 6. The molecular weight excluding hydrogens is 416 g/mol. The van der Waals surface area contributed by atoms with Crippen molar-refractivity contribution in [1.82, 2.24) is 19.2 Å². The quantitative estimate of drug-likeness (QED) is 0.756. The minimum atomic E-state index is -0.411. The molecule has 1 saturated carbocycles. The van der Waals surface area contributed by atoms with Gasteiger partial charge in [0.15, 0.2) is 0 Å². The molecule has 2 heterocycles. The molecule has 4 rings (SSSR count). The van der Waals surface area contributed by atoms with Gasteiger partial charge in [-0.1, -0.05) is 17.7 Å². The molecule has 0 bridgehead atoms. The average Bonchev–Trinajstić information content (AvgIpc) is 2.80. The SMILES string of the molecule is Cn1nc(NC[C@H]2CC[C@H](N3CCN(c4cccc(Cl)c4)CC3)CC2)c(=O)n(C)c1=O. The maximum Gasteiger partial charge on any atom is 0.346 e. The van der Waals surface area contributed by atoms with Crippen molar-refractivity contribution in [2.24, 2.45) is 20.0 Å². The van der Waals surface area contributed by atoms with E-state index in [1.54, 1.807) is 7.05 Å². The van der Waals surface area contributed by atoms with Gasteiger partial charge in [-0.25, -0.2) is 9.48 Å². The van der Waals surface area contributed by atoms with Crippen LogP contribution in [-0.2, 0) is 14.1 Å². The summed E-state index contributed by atoms with van der Waals surface area (Å²) in [6.07, 6.45) is 4.64. The van der Waals surface area contributed by atoms with Crippen LogP contribution in [0.2, 0.25) is 5.02 Å². The van der Waals surface area contributed by atoms with Gasteiger partial charge in [-0.2, -0.15) is 0 Å². The number of piperazine rings is 1. The minimum Gasteiger partial charge on any atom is -0.369 e. The van der Waals surface area contributed by atoms with E-state index in [0.29, 0.717) is 12.0 Å². The Bertz CT molecular complexity index is 1020. The Morgan fingerprint density at radius 1 is 1.06 bits per heavy atom. The lowest BCUT2D eigenvalue weighted by Gasteiger charge is -2.42. The average molecular weight is 447 g/mol. The standard InChI is InChI=1S/C22H31ClN6O2/c1-26-21(30)20(25-27(2)22(26)31)24-15-16-6-8-18(9-7-16)28-10-12-29(13-11-28)19-5-3-4-17(23)14-19/h3-5,14,16,18H,6-13,15H2,1-2H3,(H,24,25)/t16-,18-. The molecule has 0 radical (unpaired) electrons. The number of aryl methyl sites for hydroxylation is 1. The lowest BCUT2D eigenvalue weighted by atomic mass is 9.85. The van der Waals surface area contributed by atoms with Crippen LogP contribution in [0.15, 0.2) is 33.9 Å². The number of nitrogens with zero attached hydrogens (tertiary/aromatic N) is 5. The molecule has 1 saturated heterocycles. The lowest BCUT2D eigenvalue weighted by molar-refractivity contribution is 0.131. The van der Waals surface area contributed by atoms with E-state index in [0.717, 1.165) is 55.2 Å². The van der Waals surface area contributed by atoms with Crippen LogP contribution in [0.25, 0.3) is 0 Å². The van der Waals surface area contributed by atoms with Crippen molar-refractivity contribution >= 4 is 23.1 Å². The highest BCUT2D eigenvalue weighted by Gasteiger charge is 2.28. The summed E-state index contributed by atoms with van der Waals surface area (Å²) in [4.78, 5) is 29.0. The van der Waals surface area contributed by atoms with Crippen LogP contribution in [0, 0.1) is 5.92 Å². The second-order valence-electron chi connectivity index (χ2n) is 8.68. The van der Waals surface area contributed by atoms with E-state index in [1.807, 2.05) is 18.2 Å². The number of nitrogens with one attached hydrogen (secondary N) is 1. The number of benzene rings is 1. The van der Waals surface area contributed by atoms with Gasteiger partial charge in [0.1, 0.15) is 0 Å². The Balaban J connectivity index is 1.24. The first-order valence-corrected chi connectivity index (χ1v) is 11.4. The number of halogens is 1. The molecule has 0 amide bonds. The van der Waals surface area contributed by atoms with Gasteiger partial charge in [0.25, 0.3) is 5.56 Å². The number of hydrogen-bond donors (Lipinski definition) is 1. The van der Waals surface area contributed by atoms with Crippen LogP contribution in [0.1, 0.15) is 25.7 Å². The molecule has 1 aliphatic carbocycles. The first-order chi connectivity index (χ1) is 14.9. The molecule has 9 heteroatoms. The summed E-state index contributed by atoms with van der Waals surface area (Å²) in [5.74, 6) is 0.775. The van der Waals surface area contributed by atoms with E-state index in [9.17, 15) is 9.59 Å². The molecular formula is C22H31ClN6O2. The molecule has 1 aromatic carbocycles. The fraction of sp³-hybridized carbons (Fsp3) is 0.591. The van der Waals surface area contributed by atoms with Crippen LogP contribution >= 0.6 is 11.6 Å². The molecule has 31 heavy (non-hydrogen) atoms. The Hall–Kier alpha value is -2.32. The van der Waals surface area contributed by atoms with E-state index >= 15 is 0 Å². The van der Waals surface area contributed by atoms with E-state index in [4.69, 9.17) is 11.6 Å². The zero-order valence-electron chi connectivity index (χ0n) is 18.3. The van der Waals surface area contributed by atoms with E-state index < -0.39 is 5.69 Å². The van der Waals surface area contributed by atoms with Gasteiger partial charge < -0.3 is 10.2 Å². The van der Waals surface area contributed by atoms with Crippen LogP contribution in [0.5, 0.6) is 0 Å². The summed E-state index contributed by atoms with van der Waals surface area (Å²) in [6, 6.07) is 8.75. The van der Waals surface area contributed by atoms with Crippen molar-refractivity contribution < 1.29 is 0 Å². The monoisotopic (exact) mass is 446 g/mol. The van der Waals surface area contributed by atoms with Gasteiger partial charge in [-0.3, -0.25) is 14.3 Å². The van der Waals surface area contributed by atoms with Gasteiger partial charge in [-0.05, 0) is 49.8 Å². The molecule has 0 spiro atoms. The number of rotatable bonds is 5. The summed E-state index contributed by atoms with van der Waals surface area (Å²) < 4.78 is 2.29. The van der Waals surface area contributed by atoms with Crippen molar-refractivity contribution in [2.45, 2.75) is 31.7 Å². The van der Waals surface area contributed by atoms with Crippen molar-refractivity contribution in [3.63, 3.8) is 0 Å². The second-order valence-corrected chi connectivity index (χ2v) is 9.11. The maximum atomic E-state index is 12.2. The predicted molar refractivity (Wildman–Crippen MR) is 124 cm³/mol. The third-order valence-corrected chi connectivity index (χ3v) is 6.93. The zero-order chi connectivity index (χ0) is 22.0. The summed E-state index contributed by atoms with van der Waals surface area (Å²) in [7, 11) is 3.04. The van der Waals surface area contributed by atoms with Gasteiger partial charge in [-0.15, -0.1) is 5.10 Å². The number of aromatic nitrogens is 3. The first-order valence-electron chi connectivity index (χ1n) is 11.0. The molecule has 2 aliphatic rings. The summed E-state index contributed by atoms with van der Waals surface area (Å²) in [5, 5.41) is 8.05. The predicted octanol–water partition coefficient (Wildman–Crippen LogP) is 1.93. The van der Waals surface area contributed by atoms with Crippen LogP contribution in [0.4, 0.5) is 11.5 Å². The molecule has 168 valence electrons. The molecule has 1 aromatic heterocycles. The van der Waals surface area contributed by atoms with Gasteiger partial charge in [0.05, 0.1) is 0 Å². The Morgan fingerprint density at radius 2 is 1.77 bits per heavy atom. The van der Waals surface area contributed by atoms with E-state index in [2.05, 4.69) is 26.3 Å². The summed E-state index contributed by atoms with van der Waals surface area (Å²) in [5.41, 5.74) is 0.431. The molecule has 2 fully saturated rings. The third kappa shape index (κ3) is 4.96. The second kappa shape index (κ2) is 9.44. The van der Waals surface area contributed by atoms with Crippen LogP contribution < -0.4 is 21.5 Å². The van der Waals surface area contributed by atoms with Crippen LogP contribution in [-0.4, -0.2) is 58.0 Å². The third-order valence-electron chi connectivity index (χ3n) is 6.70. The van der Waals surface area contributed by atoms with E-state index in [-0.39, 0.29) is 11.4 Å². The fourth-order valence-corrected chi connectivity index (χ4v) is 4.97. The number of anilines is 2. The van der Waals surface area contributed by atoms with Crippen molar-refractivity contribution in [1.29, 1.82) is 0 Å². The maximum absolute atomic E-state index is 12.2. The topological polar surface area (TPSA) is 75.4 Å². The van der Waals surface area contributed by atoms with Crippen molar-refractivity contribution in [3.05, 3.63) is 50.1 Å². The summed E-state index contributed by atoms with van der Waals surface area (Å²) in [6.45, 7) is 4.94. The smallest absolute Gasteiger partial charge is 0.346 e. The summed E-state index contributed by atoms with van der Waals surface area (Å²) >= 11 is 6.14. The highest BCUT2D eigenvalue weighted by molar-refractivity contribution is 6.30. The first kappa shape index (κ1) is 21.9. The zero-order valence-corrected chi connectivity index (χ0v) is 19.0. The molecule has 2 aromatic rings. The molecule has 8 nitrogen and oxygen atoms in total.